The minimum atomic E-state index is 0.741. The van der Waals surface area contributed by atoms with E-state index in [1.165, 1.54) is 12.8 Å². The van der Waals surface area contributed by atoms with E-state index in [2.05, 4.69) is 20.3 Å². The second-order valence-electron chi connectivity index (χ2n) is 2.30. The summed E-state index contributed by atoms with van der Waals surface area (Å²) < 4.78 is 0. The maximum Gasteiger partial charge on any atom is -0.0349 e. The van der Waals surface area contributed by atoms with Crippen molar-refractivity contribution >= 4 is 0 Å². The summed E-state index contributed by atoms with van der Waals surface area (Å²) in [6.45, 7) is 6.19. The molecule has 1 fully saturated rings. The third-order valence-corrected chi connectivity index (χ3v) is 1.82. The topological polar surface area (TPSA) is 0 Å². The van der Waals surface area contributed by atoms with Crippen molar-refractivity contribution in [3.8, 4) is 0 Å². The molecular formula is C7H12. The molecule has 1 aliphatic rings. The van der Waals surface area contributed by atoms with Gasteiger partial charge in [0, 0.05) is 0 Å². The van der Waals surface area contributed by atoms with Crippen molar-refractivity contribution in [3.05, 3.63) is 13.3 Å². The first-order valence-corrected chi connectivity index (χ1v) is 3.01. The Hall–Kier alpha value is 0. The molecule has 0 saturated heterocycles. The van der Waals surface area contributed by atoms with Crippen molar-refractivity contribution in [1.29, 1.82) is 0 Å². The lowest BCUT2D eigenvalue weighted by molar-refractivity contribution is 0.316. The fourth-order valence-corrected chi connectivity index (χ4v) is 1.02. The van der Waals surface area contributed by atoms with E-state index in [1.54, 1.807) is 0 Å². The van der Waals surface area contributed by atoms with E-state index in [0.29, 0.717) is 0 Å². The highest BCUT2D eigenvalue weighted by molar-refractivity contribution is 4.95. The van der Waals surface area contributed by atoms with Gasteiger partial charge in [0.25, 0.3) is 0 Å². The SMILES string of the molecule is [CH2]C1C[CH]C1CC. The smallest absolute Gasteiger partial charge is 0.0349 e. The molecule has 0 bridgehead atoms. The molecule has 0 heteroatoms. The molecule has 0 aromatic heterocycles. The lowest BCUT2D eigenvalue weighted by Gasteiger charge is -2.32. The summed E-state index contributed by atoms with van der Waals surface area (Å²) >= 11 is 0. The average molecular weight is 96.2 g/mol. The zero-order chi connectivity index (χ0) is 5.28. The van der Waals surface area contributed by atoms with E-state index in [9.17, 15) is 0 Å². The average Bonchev–Trinajstić information content (AvgIpc) is 1.65. The van der Waals surface area contributed by atoms with Gasteiger partial charge in [-0.3, -0.25) is 0 Å². The molecule has 0 aromatic carbocycles. The van der Waals surface area contributed by atoms with Gasteiger partial charge in [0.2, 0.25) is 0 Å². The van der Waals surface area contributed by atoms with Crippen LogP contribution in [0.4, 0.5) is 0 Å². The predicted molar refractivity (Wildman–Crippen MR) is 31.5 cm³/mol. The van der Waals surface area contributed by atoms with E-state index in [4.69, 9.17) is 0 Å². The standard InChI is InChI=1S/C7H12/c1-3-7-5-4-6(7)2/h5-7H,2-4H2,1H3. The van der Waals surface area contributed by atoms with Gasteiger partial charge in [-0.2, -0.15) is 0 Å². The summed E-state index contributed by atoms with van der Waals surface area (Å²) in [7, 11) is 0. The molecule has 0 heterocycles. The molecule has 2 atom stereocenters. The Morgan fingerprint density at radius 1 is 1.86 bits per heavy atom. The van der Waals surface area contributed by atoms with Gasteiger partial charge in [0.15, 0.2) is 0 Å². The summed E-state index contributed by atoms with van der Waals surface area (Å²) in [5, 5.41) is 0. The van der Waals surface area contributed by atoms with Crippen molar-refractivity contribution in [2.45, 2.75) is 19.8 Å². The van der Waals surface area contributed by atoms with Gasteiger partial charge in [0.1, 0.15) is 0 Å². The van der Waals surface area contributed by atoms with Crippen LogP contribution in [0.5, 0.6) is 0 Å². The zero-order valence-corrected chi connectivity index (χ0v) is 4.85. The second-order valence-corrected chi connectivity index (χ2v) is 2.30. The van der Waals surface area contributed by atoms with Crippen molar-refractivity contribution in [2.24, 2.45) is 11.8 Å². The van der Waals surface area contributed by atoms with Crippen molar-refractivity contribution in [1.82, 2.24) is 0 Å². The predicted octanol–water partition coefficient (Wildman–Crippen LogP) is 2.07. The van der Waals surface area contributed by atoms with E-state index < -0.39 is 0 Å². The van der Waals surface area contributed by atoms with Crippen LogP contribution in [0.2, 0.25) is 0 Å². The number of rotatable bonds is 1. The van der Waals surface area contributed by atoms with Crippen LogP contribution < -0.4 is 0 Å². The van der Waals surface area contributed by atoms with Gasteiger partial charge in [-0.05, 0) is 31.6 Å². The van der Waals surface area contributed by atoms with Crippen LogP contribution in [-0.4, -0.2) is 0 Å². The Bertz CT molecular complexity index is 55.1. The molecule has 0 nitrogen and oxygen atoms in total. The van der Waals surface area contributed by atoms with Gasteiger partial charge in [-0.1, -0.05) is 13.3 Å². The summed E-state index contributed by atoms with van der Waals surface area (Å²) in [5.74, 6) is 1.59. The summed E-state index contributed by atoms with van der Waals surface area (Å²) in [4.78, 5) is 0. The van der Waals surface area contributed by atoms with E-state index in [1.807, 2.05) is 0 Å². The van der Waals surface area contributed by atoms with Crippen LogP contribution in [-0.2, 0) is 0 Å². The zero-order valence-electron chi connectivity index (χ0n) is 4.85. The Kier molecular flexibility index (Phi) is 1.36. The number of hydrogen-bond donors (Lipinski definition) is 0. The largest absolute Gasteiger partial charge is 0.0651 e. The maximum absolute atomic E-state index is 3.96. The van der Waals surface area contributed by atoms with Gasteiger partial charge < -0.3 is 0 Å². The van der Waals surface area contributed by atoms with Crippen LogP contribution >= 0.6 is 0 Å². The first-order chi connectivity index (χ1) is 3.34. The third-order valence-electron chi connectivity index (χ3n) is 1.82. The van der Waals surface area contributed by atoms with Gasteiger partial charge >= 0.3 is 0 Å². The fourth-order valence-electron chi connectivity index (χ4n) is 1.02. The van der Waals surface area contributed by atoms with Crippen molar-refractivity contribution < 1.29 is 0 Å². The normalized spacial score (nSPS) is 40.3. The van der Waals surface area contributed by atoms with E-state index >= 15 is 0 Å². The molecule has 2 radical (unpaired) electrons. The molecule has 0 aliphatic heterocycles. The van der Waals surface area contributed by atoms with E-state index in [-0.39, 0.29) is 0 Å². The minimum absolute atomic E-state index is 0.741. The van der Waals surface area contributed by atoms with Crippen LogP contribution in [0.3, 0.4) is 0 Å². The molecule has 1 saturated carbocycles. The van der Waals surface area contributed by atoms with E-state index in [0.717, 1.165) is 11.8 Å². The van der Waals surface area contributed by atoms with Crippen LogP contribution in [0.1, 0.15) is 19.8 Å². The highest BCUT2D eigenvalue weighted by atomic mass is 14.3. The first kappa shape index (κ1) is 5.14. The van der Waals surface area contributed by atoms with Gasteiger partial charge in [-0.15, -0.1) is 0 Å². The molecule has 0 N–H and O–H groups in total. The summed E-state index contributed by atoms with van der Waals surface area (Å²) in [6, 6.07) is 0. The molecule has 0 spiro atoms. The Morgan fingerprint density at radius 3 is 2.57 bits per heavy atom. The quantitative estimate of drug-likeness (QED) is 0.468. The molecule has 2 unspecified atom stereocenters. The van der Waals surface area contributed by atoms with Crippen molar-refractivity contribution in [3.63, 3.8) is 0 Å². The lowest BCUT2D eigenvalue weighted by atomic mass is 9.74. The first-order valence-electron chi connectivity index (χ1n) is 3.01. The molecule has 7 heavy (non-hydrogen) atoms. The Balaban J connectivity index is 2.16. The molecular weight excluding hydrogens is 84.1 g/mol. The third kappa shape index (κ3) is 0.793. The second kappa shape index (κ2) is 1.85. The fraction of sp³-hybridized carbons (Fsp3) is 0.714. The van der Waals surface area contributed by atoms with Crippen LogP contribution in [0.15, 0.2) is 0 Å². The highest BCUT2D eigenvalue weighted by Crippen LogP contribution is 2.34. The molecule has 0 amide bonds. The summed E-state index contributed by atoms with van der Waals surface area (Å²) in [5.41, 5.74) is 0. The lowest BCUT2D eigenvalue weighted by Crippen LogP contribution is -2.22. The Labute approximate surface area is 45.9 Å². The summed E-state index contributed by atoms with van der Waals surface area (Å²) in [6.07, 6.45) is 4.89. The molecule has 0 aromatic rings. The van der Waals surface area contributed by atoms with Gasteiger partial charge in [-0.25, -0.2) is 0 Å². The maximum atomic E-state index is 3.96. The highest BCUT2D eigenvalue weighted by Gasteiger charge is 2.24. The molecule has 1 rings (SSSR count). The Morgan fingerprint density at radius 2 is 2.57 bits per heavy atom. The molecule has 1 aliphatic carbocycles. The van der Waals surface area contributed by atoms with Crippen LogP contribution in [0, 0.1) is 25.2 Å². The van der Waals surface area contributed by atoms with Crippen molar-refractivity contribution in [2.75, 3.05) is 0 Å². The van der Waals surface area contributed by atoms with Gasteiger partial charge in [0.05, 0.1) is 0 Å². The van der Waals surface area contributed by atoms with Crippen LogP contribution in [0.25, 0.3) is 0 Å². The monoisotopic (exact) mass is 96.1 g/mol. The molecule has 40 valence electrons. The number of hydrogen-bond acceptors (Lipinski definition) is 0. The minimum Gasteiger partial charge on any atom is -0.0651 e.